The summed E-state index contributed by atoms with van der Waals surface area (Å²) in [6.07, 6.45) is 0. The van der Waals surface area contributed by atoms with Gasteiger partial charge in [-0.3, -0.25) is 0 Å². The molecule has 0 fully saturated rings. The van der Waals surface area contributed by atoms with E-state index in [9.17, 15) is 13.6 Å². The molecule has 4 nitrogen and oxygen atoms in total. The smallest absolute Gasteiger partial charge is 0.340 e. The lowest BCUT2D eigenvalue weighted by Crippen LogP contribution is -2.07. The summed E-state index contributed by atoms with van der Waals surface area (Å²) in [5.41, 5.74) is 6.15. The molecular formula is C15H13F2NO3. The van der Waals surface area contributed by atoms with E-state index in [0.29, 0.717) is 0 Å². The molecule has 21 heavy (non-hydrogen) atoms. The van der Waals surface area contributed by atoms with Crippen LogP contribution in [0.5, 0.6) is 11.5 Å². The summed E-state index contributed by atoms with van der Waals surface area (Å²) in [6.45, 7) is 1.74. The van der Waals surface area contributed by atoms with Crippen molar-refractivity contribution in [2.45, 2.75) is 6.92 Å². The maximum atomic E-state index is 13.8. The van der Waals surface area contributed by atoms with E-state index in [-0.39, 0.29) is 22.7 Å². The van der Waals surface area contributed by atoms with Crippen LogP contribution in [0, 0.1) is 18.6 Å². The number of hydrogen-bond donors (Lipinski definition) is 1. The second-order valence-electron chi connectivity index (χ2n) is 4.40. The van der Waals surface area contributed by atoms with Gasteiger partial charge in [-0.25, -0.2) is 13.6 Å². The van der Waals surface area contributed by atoms with Crippen LogP contribution in [0.4, 0.5) is 14.5 Å². The molecule has 2 aromatic rings. The third-order valence-electron chi connectivity index (χ3n) is 2.82. The first-order valence-corrected chi connectivity index (χ1v) is 6.03. The van der Waals surface area contributed by atoms with Gasteiger partial charge < -0.3 is 15.2 Å². The molecule has 0 aliphatic rings. The van der Waals surface area contributed by atoms with E-state index in [1.807, 2.05) is 0 Å². The largest absolute Gasteiger partial charge is 0.465 e. The maximum absolute atomic E-state index is 13.8. The maximum Gasteiger partial charge on any atom is 0.340 e. The van der Waals surface area contributed by atoms with Gasteiger partial charge in [-0.05, 0) is 24.6 Å². The number of anilines is 1. The summed E-state index contributed by atoms with van der Waals surface area (Å²) in [7, 11) is 1.17. The van der Waals surface area contributed by atoms with Gasteiger partial charge in [0, 0.05) is 17.8 Å². The Kier molecular flexibility index (Phi) is 4.07. The molecule has 0 aromatic heterocycles. The van der Waals surface area contributed by atoms with Crippen LogP contribution in [0.25, 0.3) is 0 Å². The van der Waals surface area contributed by atoms with Gasteiger partial charge >= 0.3 is 5.97 Å². The Bertz CT molecular complexity index is 702. The molecule has 0 saturated carbocycles. The van der Waals surface area contributed by atoms with Crippen LogP contribution in [0.1, 0.15) is 15.9 Å². The van der Waals surface area contributed by atoms with Crippen molar-refractivity contribution in [3.8, 4) is 11.5 Å². The topological polar surface area (TPSA) is 61.5 Å². The fourth-order valence-corrected chi connectivity index (χ4v) is 1.74. The number of carbonyl (C=O) groups excluding carboxylic acids is 1. The first kappa shape index (κ1) is 14.8. The van der Waals surface area contributed by atoms with Crippen molar-refractivity contribution in [1.29, 1.82) is 0 Å². The van der Waals surface area contributed by atoms with E-state index in [2.05, 4.69) is 4.74 Å². The summed E-state index contributed by atoms with van der Waals surface area (Å²) in [6, 6.07) is 6.19. The standard InChI is InChI=1S/C15H13F2NO3/c1-8-3-4-10(16)13(5-8)21-14-6-9(15(19)20-2)12(18)7-11(14)17/h3-7H,18H2,1-2H3. The molecule has 0 saturated heterocycles. The van der Waals surface area contributed by atoms with Gasteiger partial charge in [0.15, 0.2) is 23.1 Å². The van der Waals surface area contributed by atoms with Crippen LogP contribution in [-0.4, -0.2) is 13.1 Å². The lowest BCUT2D eigenvalue weighted by molar-refractivity contribution is 0.0601. The fraction of sp³-hybridized carbons (Fsp3) is 0.133. The molecule has 2 aromatic carbocycles. The summed E-state index contributed by atoms with van der Waals surface area (Å²) >= 11 is 0. The third kappa shape index (κ3) is 3.10. The molecule has 2 rings (SSSR count). The number of carbonyl (C=O) groups is 1. The van der Waals surface area contributed by atoms with Crippen molar-refractivity contribution in [2.75, 3.05) is 12.8 Å². The first-order chi connectivity index (χ1) is 9.92. The van der Waals surface area contributed by atoms with E-state index in [1.165, 1.54) is 19.2 Å². The van der Waals surface area contributed by atoms with Crippen molar-refractivity contribution >= 4 is 11.7 Å². The summed E-state index contributed by atoms with van der Waals surface area (Å²) in [4.78, 5) is 11.5. The predicted molar refractivity (Wildman–Crippen MR) is 73.4 cm³/mol. The van der Waals surface area contributed by atoms with Gasteiger partial charge in [0.25, 0.3) is 0 Å². The Morgan fingerprint density at radius 1 is 1.10 bits per heavy atom. The average Bonchev–Trinajstić information content (AvgIpc) is 2.44. The quantitative estimate of drug-likeness (QED) is 0.695. The average molecular weight is 293 g/mol. The highest BCUT2D eigenvalue weighted by Gasteiger charge is 2.17. The Morgan fingerprint density at radius 3 is 2.43 bits per heavy atom. The molecule has 6 heteroatoms. The minimum absolute atomic E-state index is 0.0537. The number of nitrogens with two attached hydrogens (primary N) is 1. The SMILES string of the molecule is COC(=O)c1cc(Oc2cc(C)ccc2F)c(F)cc1N. The van der Waals surface area contributed by atoms with Crippen LogP contribution < -0.4 is 10.5 Å². The first-order valence-electron chi connectivity index (χ1n) is 6.03. The van der Waals surface area contributed by atoms with Crippen LogP contribution in [0.3, 0.4) is 0 Å². The molecule has 0 atom stereocenters. The number of ether oxygens (including phenoxy) is 2. The molecule has 0 spiro atoms. The van der Waals surface area contributed by atoms with Crippen LogP contribution in [0.15, 0.2) is 30.3 Å². The lowest BCUT2D eigenvalue weighted by Gasteiger charge is -2.11. The van der Waals surface area contributed by atoms with E-state index in [4.69, 9.17) is 10.5 Å². The predicted octanol–water partition coefficient (Wildman–Crippen LogP) is 3.43. The number of esters is 1. The van der Waals surface area contributed by atoms with E-state index < -0.39 is 17.6 Å². The highest BCUT2D eigenvalue weighted by Crippen LogP contribution is 2.30. The molecule has 0 amide bonds. The van der Waals surface area contributed by atoms with Crippen LogP contribution in [0.2, 0.25) is 0 Å². The zero-order chi connectivity index (χ0) is 15.6. The molecule has 0 bridgehead atoms. The Hall–Kier alpha value is -2.63. The highest BCUT2D eigenvalue weighted by molar-refractivity contribution is 5.95. The van der Waals surface area contributed by atoms with Gasteiger partial charge in [0.05, 0.1) is 12.7 Å². The lowest BCUT2D eigenvalue weighted by atomic mass is 10.1. The van der Waals surface area contributed by atoms with Crippen molar-refractivity contribution in [1.82, 2.24) is 0 Å². The van der Waals surface area contributed by atoms with Crippen LogP contribution in [-0.2, 0) is 4.74 Å². The van der Waals surface area contributed by atoms with Crippen molar-refractivity contribution in [3.63, 3.8) is 0 Å². The van der Waals surface area contributed by atoms with Gasteiger partial charge in [-0.2, -0.15) is 0 Å². The number of rotatable bonds is 3. The molecular weight excluding hydrogens is 280 g/mol. The van der Waals surface area contributed by atoms with Crippen molar-refractivity contribution in [3.05, 3.63) is 53.1 Å². The number of benzene rings is 2. The minimum atomic E-state index is -0.805. The Labute approximate surface area is 120 Å². The number of aryl methyl sites for hydroxylation is 1. The summed E-state index contributed by atoms with van der Waals surface area (Å²) in [5, 5.41) is 0. The molecule has 2 N–H and O–H groups in total. The number of methoxy groups -OCH3 is 1. The van der Waals surface area contributed by atoms with Gasteiger partial charge in [0.1, 0.15) is 0 Å². The van der Waals surface area contributed by atoms with Crippen molar-refractivity contribution < 1.29 is 23.0 Å². The summed E-state index contributed by atoms with van der Waals surface area (Å²) in [5.74, 6) is -2.64. The Balaban J connectivity index is 2.44. The molecule has 0 aliphatic heterocycles. The van der Waals surface area contributed by atoms with E-state index in [0.717, 1.165) is 17.7 Å². The van der Waals surface area contributed by atoms with Gasteiger partial charge in [-0.15, -0.1) is 0 Å². The zero-order valence-corrected chi connectivity index (χ0v) is 11.4. The third-order valence-corrected chi connectivity index (χ3v) is 2.82. The van der Waals surface area contributed by atoms with E-state index >= 15 is 0 Å². The second kappa shape index (κ2) is 5.78. The molecule has 0 heterocycles. The molecule has 0 aliphatic carbocycles. The van der Waals surface area contributed by atoms with Gasteiger partial charge in [0.2, 0.25) is 0 Å². The van der Waals surface area contributed by atoms with Gasteiger partial charge in [-0.1, -0.05) is 6.07 Å². The number of hydrogen-bond acceptors (Lipinski definition) is 4. The van der Waals surface area contributed by atoms with Crippen molar-refractivity contribution in [2.24, 2.45) is 0 Å². The normalized spacial score (nSPS) is 10.3. The summed E-state index contributed by atoms with van der Waals surface area (Å²) < 4.78 is 37.2. The highest BCUT2D eigenvalue weighted by atomic mass is 19.1. The monoisotopic (exact) mass is 293 g/mol. The molecule has 110 valence electrons. The second-order valence-corrected chi connectivity index (χ2v) is 4.40. The number of nitrogen functional groups attached to an aromatic ring is 1. The molecule has 0 radical (unpaired) electrons. The molecule has 0 unspecified atom stereocenters. The van der Waals surface area contributed by atoms with E-state index in [1.54, 1.807) is 13.0 Å². The Morgan fingerprint density at radius 2 is 1.76 bits per heavy atom. The fourth-order valence-electron chi connectivity index (χ4n) is 1.74. The number of halogens is 2. The van der Waals surface area contributed by atoms with Crippen LogP contribution >= 0.6 is 0 Å². The zero-order valence-electron chi connectivity index (χ0n) is 11.4. The minimum Gasteiger partial charge on any atom is -0.465 e.